The van der Waals surface area contributed by atoms with Crippen molar-refractivity contribution in [2.24, 2.45) is 0 Å². The summed E-state index contributed by atoms with van der Waals surface area (Å²) >= 11 is 0. The van der Waals surface area contributed by atoms with Gasteiger partial charge in [-0.3, -0.25) is 9.69 Å². The summed E-state index contributed by atoms with van der Waals surface area (Å²) in [4.78, 5) is 18.3. The smallest absolute Gasteiger partial charge is 0.324 e. The van der Waals surface area contributed by atoms with Crippen LogP contribution in [0.3, 0.4) is 0 Å². The Labute approximate surface area is 113 Å². The lowest BCUT2D eigenvalue weighted by atomic mass is 10.2. The molecule has 1 fully saturated rings. The number of aromatic nitrogens is 1. The van der Waals surface area contributed by atoms with Crippen molar-refractivity contribution in [3.05, 3.63) is 17.3 Å². The molecule has 1 aliphatic heterocycles. The van der Waals surface area contributed by atoms with Gasteiger partial charge in [0.2, 0.25) is 5.89 Å². The van der Waals surface area contributed by atoms with Gasteiger partial charge in [-0.25, -0.2) is 4.98 Å². The predicted molar refractivity (Wildman–Crippen MR) is 69.7 cm³/mol. The number of ether oxygens (including phenoxy) is 1. The molecule has 1 unspecified atom stereocenters. The first-order valence-electron chi connectivity index (χ1n) is 6.66. The van der Waals surface area contributed by atoms with Gasteiger partial charge in [0.05, 0.1) is 18.8 Å². The Bertz CT molecular complexity index is 425. The highest BCUT2D eigenvalue weighted by atomic mass is 16.5. The number of nitrogens with zero attached hydrogens (tertiary/aromatic N) is 2. The largest absolute Gasteiger partial charge is 0.465 e. The molecular weight excluding hydrogens is 246 g/mol. The second-order valence-corrected chi connectivity index (χ2v) is 4.69. The number of esters is 1. The molecule has 1 N–H and O–H groups in total. The average molecular weight is 267 g/mol. The van der Waals surface area contributed by atoms with Crippen LogP contribution in [0.15, 0.2) is 4.42 Å². The van der Waals surface area contributed by atoms with Crippen LogP contribution in [0.5, 0.6) is 0 Å². The van der Waals surface area contributed by atoms with Crippen LogP contribution < -0.4 is 5.32 Å². The fourth-order valence-corrected chi connectivity index (χ4v) is 2.19. The fraction of sp³-hybridized carbons (Fsp3) is 0.692. The van der Waals surface area contributed by atoms with Crippen LogP contribution in [-0.4, -0.2) is 48.1 Å². The summed E-state index contributed by atoms with van der Waals surface area (Å²) in [7, 11) is 0. The van der Waals surface area contributed by atoms with Crippen molar-refractivity contribution in [3.63, 3.8) is 0 Å². The molecule has 0 amide bonds. The minimum Gasteiger partial charge on any atom is -0.465 e. The summed E-state index contributed by atoms with van der Waals surface area (Å²) < 4.78 is 10.7. The van der Waals surface area contributed by atoms with Crippen LogP contribution in [0.4, 0.5) is 0 Å². The fourth-order valence-electron chi connectivity index (χ4n) is 2.19. The quantitative estimate of drug-likeness (QED) is 0.807. The molecule has 1 saturated heterocycles. The van der Waals surface area contributed by atoms with E-state index in [0.29, 0.717) is 25.6 Å². The lowest BCUT2D eigenvalue weighted by molar-refractivity contribution is -0.150. The number of piperazine rings is 1. The Morgan fingerprint density at radius 2 is 2.37 bits per heavy atom. The number of carbonyl (C=O) groups excluding carboxylic acids is 1. The zero-order chi connectivity index (χ0) is 13.8. The van der Waals surface area contributed by atoms with Crippen molar-refractivity contribution in [2.75, 3.05) is 26.2 Å². The molecule has 1 aromatic rings. The van der Waals surface area contributed by atoms with E-state index in [0.717, 1.165) is 24.5 Å². The van der Waals surface area contributed by atoms with E-state index in [2.05, 4.69) is 15.2 Å². The third kappa shape index (κ3) is 3.33. The Morgan fingerprint density at radius 3 is 3.00 bits per heavy atom. The SMILES string of the molecule is CCOC(=O)C1CNCCN1Cc1nc(C)c(C)o1. The first-order chi connectivity index (χ1) is 9.11. The molecule has 0 bridgehead atoms. The topological polar surface area (TPSA) is 67.6 Å². The van der Waals surface area contributed by atoms with Gasteiger partial charge >= 0.3 is 5.97 Å². The maximum absolute atomic E-state index is 11.9. The Hall–Kier alpha value is -1.40. The zero-order valence-corrected chi connectivity index (χ0v) is 11.7. The highest BCUT2D eigenvalue weighted by Crippen LogP contribution is 2.14. The molecule has 0 radical (unpaired) electrons. The van der Waals surface area contributed by atoms with Crippen LogP contribution in [0.2, 0.25) is 0 Å². The number of carbonyl (C=O) groups is 1. The Morgan fingerprint density at radius 1 is 1.58 bits per heavy atom. The summed E-state index contributed by atoms with van der Waals surface area (Å²) in [5.74, 6) is 1.30. The Balaban J connectivity index is 2.05. The van der Waals surface area contributed by atoms with Crippen molar-refractivity contribution in [3.8, 4) is 0 Å². The molecule has 0 spiro atoms. The summed E-state index contributed by atoms with van der Waals surface area (Å²) in [6, 6.07) is -0.263. The van der Waals surface area contributed by atoms with Gasteiger partial charge in [-0.2, -0.15) is 0 Å². The van der Waals surface area contributed by atoms with E-state index >= 15 is 0 Å². The van der Waals surface area contributed by atoms with Crippen molar-refractivity contribution in [2.45, 2.75) is 33.4 Å². The molecule has 19 heavy (non-hydrogen) atoms. The number of oxazole rings is 1. The van der Waals surface area contributed by atoms with Crippen LogP contribution in [-0.2, 0) is 16.1 Å². The monoisotopic (exact) mass is 267 g/mol. The highest BCUT2D eigenvalue weighted by Gasteiger charge is 2.30. The van der Waals surface area contributed by atoms with Gasteiger partial charge in [0.15, 0.2) is 0 Å². The van der Waals surface area contributed by atoms with E-state index in [4.69, 9.17) is 9.15 Å². The van der Waals surface area contributed by atoms with Crippen LogP contribution in [0.1, 0.15) is 24.3 Å². The zero-order valence-electron chi connectivity index (χ0n) is 11.7. The Kier molecular flexibility index (Phi) is 4.55. The average Bonchev–Trinajstić information content (AvgIpc) is 2.69. The van der Waals surface area contributed by atoms with Gasteiger partial charge in [-0.05, 0) is 20.8 Å². The van der Waals surface area contributed by atoms with Gasteiger partial charge < -0.3 is 14.5 Å². The van der Waals surface area contributed by atoms with Crippen LogP contribution in [0.25, 0.3) is 0 Å². The van der Waals surface area contributed by atoms with E-state index in [1.807, 2.05) is 20.8 Å². The van der Waals surface area contributed by atoms with Gasteiger partial charge in [0.25, 0.3) is 0 Å². The molecule has 2 rings (SSSR count). The molecule has 0 aliphatic carbocycles. The molecule has 1 aromatic heterocycles. The second kappa shape index (κ2) is 6.16. The van der Waals surface area contributed by atoms with Crippen molar-refractivity contribution in [1.82, 2.24) is 15.2 Å². The molecule has 6 nitrogen and oxygen atoms in total. The number of hydrogen-bond acceptors (Lipinski definition) is 6. The predicted octanol–water partition coefficient (Wildman–Crippen LogP) is 0.628. The van der Waals surface area contributed by atoms with E-state index in [1.54, 1.807) is 0 Å². The van der Waals surface area contributed by atoms with E-state index in [1.165, 1.54) is 0 Å². The summed E-state index contributed by atoms with van der Waals surface area (Å²) in [6.45, 7) is 8.82. The summed E-state index contributed by atoms with van der Waals surface area (Å²) in [5, 5.41) is 3.21. The minimum atomic E-state index is -0.263. The molecular formula is C13H21N3O3. The minimum absolute atomic E-state index is 0.185. The molecule has 106 valence electrons. The van der Waals surface area contributed by atoms with Crippen molar-refractivity contribution < 1.29 is 13.9 Å². The van der Waals surface area contributed by atoms with E-state index < -0.39 is 0 Å². The lowest BCUT2D eigenvalue weighted by Gasteiger charge is -2.33. The molecule has 0 aromatic carbocycles. The van der Waals surface area contributed by atoms with Crippen LogP contribution in [0, 0.1) is 13.8 Å². The highest BCUT2D eigenvalue weighted by molar-refractivity contribution is 5.76. The number of hydrogen-bond donors (Lipinski definition) is 1. The molecule has 0 saturated carbocycles. The first kappa shape index (κ1) is 14.0. The standard InChI is InChI=1S/C13H21N3O3/c1-4-18-13(17)11-7-14-5-6-16(11)8-12-15-9(2)10(3)19-12/h11,14H,4-8H2,1-3H3. The van der Waals surface area contributed by atoms with Gasteiger partial charge in [0, 0.05) is 19.6 Å². The van der Waals surface area contributed by atoms with E-state index in [9.17, 15) is 4.79 Å². The van der Waals surface area contributed by atoms with Crippen molar-refractivity contribution in [1.29, 1.82) is 0 Å². The molecule has 6 heteroatoms. The van der Waals surface area contributed by atoms with Gasteiger partial charge in [0.1, 0.15) is 11.8 Å². The molecule has 1 atom stereocenters. The normalized spacial score (nSPS) is 20.5. The lowest BCUT2D eigenvalue weighted by Crippen LogP contribution is -2.54. The molecule has 1 aliphatic rings. The first-order valence-corrected chi connectivity index (χ1v) is 6.66. The third-order valence-electron chi connectivity index (χ3n) is 3.32. The second-order valence-electron chi connectivity index (χ2n) is 4.69. The maximum Gasteiger partial charge on any atom is 0.324 e. The summed E-state index contributed by atoms with van der Waals surface area (Å²) in [5.41, 5.74) is 0.901. The van der Waals surface area contributed by atoms with Gasteiger partial charge in [-0.15, -0.1) is 0 Å². The third-order valence-corrected chi connectivity index (χ3v) is 3.32. The maximum atomic E-state index is 11.9. The van der Waals surface area contributed by atoms with Crippen molar-refractivity contribution >= 4 is 5.97 Å². The number of nitrogens with one attached hydrogen (secondary N) is 1. The summed E-state index contributed by atoms with van der Waals surface area (Å²) in [6.07, 6.45) is 0. The molecule has 2 heterocycles. The number of rotatable bonds is 4. The number of aryl methyl sites for hydroxylation is 2. The van der Waals surface area contributed by atoms with Gasteiger partial charge in [-0.1, -0.05) is 0 Å². The van der Waals surface area contributed by atoms with E-state index in [-0.39, 0.29) is 12.0 Å². The van der Waals surface area contributed by atoms with Crippen LogP contribution >= 0.6 is 0 Å².